The Morgan fingerprint density at radius 3 is 2.08 bits per heavy atom. The average molecular weight is 186 g/mol. The van der Waals surface area contributed by atoms with Gasteiger partial charge in [0.15, 0.2) is 5.11 Å². The maximum Gasteiger partial charge on any atom is 0.168 e. The Hall–Kier alpha value is -0.310. The van der Waals surface area contributed by atoms with Gasteiger partial charge in [-0.2, -0.15) is 0 Å². The fourth-order valence-electron chi connectivity index (χ4n) is 1.61. The zero-order chi connectivity index (χ0) is 8.81. The normalized spacial score (nSPS) is 19.6. The van der Waals surface area contributed by atoms with Gasteiger partial charge in [-0.05, 0) is 25.1 Å². The van der Waals surface area contributed by atoms with Crippen molar-refractivity contribution in [2.24, 2.45) is 0 Å². The summed E-state index contributed by atoms with van der Waals surface area (Å²) >= 11 is 5.19. The monoisotopic (exact) mass is 186 g/mol. The minimum absolute atomic E-state index is 0.914. The maximum atomic E-state index is 5.19. The van der Waals surface area contributed by atoms with Gasteiger partial charge in [0.05, 0.1) is 0 Å². The number of thiocarbonyl (C=S) groups is 1. The van der Waals surface area contributed by atoms with Crippen molar-refractivity contribution in [3.05, 3.63) is 0 Å². The van der Waals surface area contributed by atoms with E-state index in [9.17, 15) is 0 Å². The van der Waals surface area contributed by atoms with Gasteiger partial charge in [0, 0.05) is 20.1 Å². The molecule has 0 saturated carbocycles. The van der Waals surface area contributed by atoms with Gasteiger partial charge in [0.25, 0.3) is 0 Å². The quantitative estimate of drug-likeness (QED) is 0.580. The van der Waals surface area contributed by atoms with Crippen LogP contribution in [0.25, 0.3) is 0 Å². The molecule has 0 bridgehead atoms. The van der Waals surface area contributed by atoms with E-state index < -0.39 is 0 Å². The van der Waals surface area contributed by atoms with Crippen LogP contribution in [0.4, 0.5) is 0 Å². The predicted octanol–water partition coefficient (Wildman–Crippen LogP) is 1.76. The fourth-order valence-corrected chi connectivity index (χ4v) is 1.79. The van der Waals surface area contributed by atoms with E-state index in [1.807, 2.05) is 7.05 Å². The van der Waals surface area contributed by atoms with Crippen LogP contribution in [-0.4, -0.2) is 30.1 Å². The van der Waals surface area contributed by atoms with Crippen molar-refractivity contribution in [3.63, 3.8) is 0 Å². The third-order valence-corrected chi connectivity index (χ3v) is 2.82. The molecule has 1 aliphatic heterocycles. The highest BCUT2D eigenvalue weighted by atomic mass is 32.1. The van der Waals surface area contributed by atoms with E-state index in [1.165, 1.54) is 32.1 Å². The van der Waals surface area contributed by atoms with Gasteiger partial charge in [-0.15, -0.1) is 0 Å². The van der Waals surface area contributed by atoms with Crippen molar-refractivity contribution in [1.29, 1.82) is 0 Å². The lowest BCUT2D eigenvalue weighted by atomic mass is 10.1. The van der Waals surface area contributed by atoms with Crippen molar-refractivity contribution in [1.82, 2.24) is 10.2 Å². The highest BCUT2D eigenvalue weighted by molar-refractivity contribution is 7.80. The zero-order valence-electron chi connectivity index (χ0n) is 7.81. The van der Waals surface area contributed by atoms with E-state index in [1.54, 1.807) is 0 Å². The first-order valence-corrected chi connectivity index (χ1v) is 5.22. The molecule has 1 aliphatic rings. The predicted molar refractivity (Wildman–Crippen MR) is 56.3 cm³/mol. The summed E-state index contributed by atoms with van der Waals surface area (Å²) in [5.74, 6) is 0. The lowest BCUT2D eigenvalue weighted by Crippen LogP contribution is -2.39. The third kappa shape index (κ3) is 2.97. The molecule has 0 aromatic rings. The molecule has 1 N–H and O–H groups in total. The molecule has 70 valence electrons. The minimum atomic E-state index is 0.914. The van der Waals surface area contributed by atoms with Gasteiger partial charge < -0.3 is 10.2 Å². The number of nitrogens with zero attached hydrogens (tertiary/aromatic N) is 1. The third-order valence-electron chi connectivity index (χ3n) is 2.36. The van der Waals surface area contributed by atoms with Crippen LogP contribution < -0.4 is 5.32 Å². The van der Waals surface area contributed by atoms with Crippen molar-refractivity contribution >= 4 is 17.3 Å². The van der Waals surface area contributed by atoms with Crippen molar-refractivity contribution in [3.8, 4) is 0 Å². The van der Waals surface area contributed by atoms with Crippen LogP contribution in [0.1, 0.15) is 32.1 Å². The van der Waals surface area contributed by atoms with Crippen LogP contribution in [0.2, 0.25) is 0 Å². The van der Waals surface area contributed by atoms with Crippen molar-refractivity contribution < 1.29 is 0 Å². The summed E-state index contributed by atoms with van der Waals surface area (Å²) in [5, 5.41) is 3.95. The summed E-state index contributed by atoms with van der Waals surface area (Å²) in [6.07, 6.45) is 6.72. The molecule has 0 aromatic heterocycles. The number of rotatable bonds is 0. The molecule has 1 rings (SSSR count). The van der Waals surface area contributed by atoms with Crippen molar-refractivity contribution in [2.45, 2.75) is 32.1 Å². The van der Waals surface area contributed by atoms with Gasteiger partial charge in [0.1, 0.15) is 0 Å². The zero-order valence-corrected chi connectivity index (χ0v) is 8.62. The molecule has 12 heavy (non-hydrogen) atoms. The second-order valence-electron chi connectivity index (χ2n) is 3.31. The summed E-state index contributed by atoms with van der Waals surface area (Å²) in [6.45, 7) is 2.28. The Morgan fingerprint density at radius 1 is 1.08 bits per heavy atom. The first-order chi connectivity index (χ1) is 5.84. The summed E-state index contributed by atoms with van der Waals surface area (Å²) in [4.78, 5) is 2.29. The number of hydrogen-bond acceptors (Lipinski definition) is 1. The number of likely N-dealkylation sites (tertiary alicyclic amines) is 1. The van der Waals surface area contributed by atoms with Gasteiger partial charge in [0.2, 0.25) is 0 Å². The van der Waals surface area contributed by atoms with Crippen LogP contribution in [0.3, 0.4) is 0 Å². The van der Waals surface area contributed by atoms with Crippen LogP contribution in [0.15, 0.2) is 0 Å². The van der Waals surface area contributed by atoms with Crippen LogP contribution in [0, 0.1) is 0 Å². The second-order valence-corrected chi connectivity index (χ2v) is 3.70. The van der Waals surface area contributed by atoms with E-state index in [-0.39, 0.29) is 0 Å². The van der Waals surface area contributed by atoms with Gasteiger partial charge in [-0.1, -0.05) is 19.3 Å². The average Bonchev–Trinajstić information content (AvgIpc) is 2.02. The molecule has 0 radical (unpaired) electrons. The first-order valence-electron chi connectivity index (χ1n) is 4.81. The number of nitrogens with one attached hydrogen (secondary N) is 1. The molecule has 1 saturated heterocycles. The minimum Gasteiger partial charge on any atom is -0.366 e. The highest BCUT2D eigenvalue weighted by Crippen LogP contribution is 2.10. The van der Waals surface area contributed by atoms with Gasteiger partial charge >= 0.3 is 0 Å². The molecule has 2 nitrogen and oxygen atoms in total. The Morgan fingerprint density at radius 2 is 1.58 bits per heavy atom. The summed E-state index contributed by atoms with van der Waals surface area (Å²) in [7, 11) is 1.90. The smallest absolute Gasteiger partial charge is 0.168 e. The van der Waals surface area contributed by atoms with Crippen LogP contribution in [-0.2, 0) is 0 Å². The van der Waals surface area contributed by atoms with E-state index in [4.69, 9.17) is 12.2 Å². The van der Waals surface area contributed by atoms with Crippen molar-refractivity contribution in [2.75, 3.05) is 20.1 Å². The Labute approximate surface area is 80.3 Å². The molecule has 1 heterocycles. The highest BCUT2D eigenvalue weighted by Gasteiger charge is 2.09. The first kappa shape index (κ1) is 9.78. The SMILES string of the molecule is CNC(=S)N1CCCCCCC1. The molecular formula is C9H18N2S. The molecule has 3 heteroatoms. The molecule has 0 spiro atoms. The topological polar surface area (TPSA) is 15.3 Å². The summed E-state index contributed by atoms with van der Waals surface area (Å²) < 4.78 is 0. The largest absolute Gasteiger partial charge is 0.366 e. The van der Waals surface area contributed by atoms with E-state index in [0.29, 0.717) is 0 Å². The molecule has 0 atom stereocenters. The summed E-state index contributed by atoms with van der Waals surface area (Å²) in [5.41, 5.74) is 0. The lowest BCUT2D eigenvalue weighted by molar-refractivity contribution is 0.359. The Balaban J connectivity index is 2.34. The second kappa shape index (κ2) is 5.36. The fraction of sp³-hybridized carbons (Fsp3) is 0.889. The van der Waals surface area contributed by atoms with E-state index in [0.717, 1.165) is 18.2 Å². The lowest BCUT2D eigenvalue weighted by Gasteiger charge is -2.26. The molecular weight excluding hydrogens is 168 g/mol. The Kier molecular flexibility index (Phi) is 4.36. The summed E-state index contributed by atoms with van der Waals surface area (Å²) in [6, 6.07) is 0. The van der Waals surface area contributed by atoms with E-state index in [2.05, 4.69) is 10.2 Å². The van der Waals surface area contributed by atoms with Gasteiger partial charge in [-0.3, -0.25) is 0 Å². The van der Waals surface area contributed by atoms with Gasteiger partial charge in [-0.25, -0.2) is 0 Å². The number of hydrogen-bond donors (Lipinski definition) is 1. The standard InChI is InChI=1S/C9H18N2S/c1-10-9(12)11-7-5-3-2-4-6-8-11/h2-8H2,1H3,(H,10,12). The molecule has 0 amide bonds. The molecule has 0 unspecified atom stereocenters. The van der Waals surface area contributed by atoms with Crippen LogP contribution >= 0.6 is 12.2 Å². The molecule has 1 fully saturated rings. The molecule has 0 aliphatic carbocycles. The molecule has 0 aromatic carbocycles. The Bertz CT molecular complexity index is 139. The van der Waals surface area contributed by atoms with E-state index >= 15 is 0 Å². The maximum absolute atomic E-state index is 5.19. The van der Waals surface area contributed by atoms with Crippen LogP contribution in [0.5, 0.6) is 0 Å².